The number of aromatic nitrogens is 2. The van der Waals surface area contributed by atoms with Gasteiger partial charge in [-0.15, -0.1) is 0 Å². The number of nitrogens with zero attached hydrogens (tertiary/aromatic N) is 2. The van der Waals surface area contributed by atoms with Crippen LogP contribution in [0.15, 0.2) is 12.3 Å². The predicted molar refractivity (Wildman–Crippen MR) is 74.6 cm³/mol. The molecule has 4 heteroatoms. The van der Waals surface area contributed by atoms with E-state index in [-0.39, 0.29) is 6.10 Å². The first-order valence-electron chi connectivity index (χ1n) is 7.00. The molecule has 1 N–H and O–H groups in total. The Labute approximate surface area is 111 Å². The molecule has 1 heterocycles. The number of hydrogen-bond donors (Lipinski definition) is 1. The van der Waals surface area contributed by atoms with Gasteiger partial charge >= 0.3 is 0 Å². The number of ether oxygens (including phenoxy) is 1. The Morgan fingerprint density at radius 3 is 2.78 bits per heavy atom. The van der Waals surface area contributed by atoms with Crippen LogP contribution >= 0.6 is 0 Å². The second kappa shape index (κ2) is 8.27. The molecule has 2 unspecified atom stereocenters. The molecule has 0 radical (unpaired) electrons. The number of methoxy groups -OCH3 is 1. The minimum Gasteiger partial charge on any atom is -0.382 e. The summed E-state index contributed by atoms with van der Waals surface area (Å²) < 4.78 is 7.50. The molecular formula is C14H27N3O. The molecule has 2 atom stereocenters. The number of nitrogens with one attached hydrogen (secondary N) is 1. The number of aryl methyl sites for hydroxylation is 1. The van der Waals surface area contributed by atoms with Crippen LogP contribution in [0.4, 0.5) is 0 Å². The van der Waals surface area contributed by atoms with Gasteiger partial charge in [-0.1, -0.05) is 13.8 Å². The van der Waals surface area contributed by atoms with Crippen molar-refractivity contribution in [3.05, 3.63) is 18.0 Å². The molecule has 0 amide bonds. The maximum Gasteiger partial charge on any atom is 0.0561 e. The zero-order valence-corrected chi connectivity index (χ0v) is 12.1. The first-order valence-corrected chi connectivity index (χ1v) is 7.00. The van der Waals surface area contributed by atoms with Crippen molar-refractivity contribution in [3.63, 3.8) is 0 Å². The highest BCUT2D eigenvalue weighted by Gasteiger charge is 2.18. The van der Waals surface area contributed by atoms with Gasteiger partial charge in [-0.25, -0.2) is 0 Å². The van der Waals surface area contributed by atoms with Crippen LogP contribution in [0.2, 0.25) is 0 Å². The van der Waals surface area contributed by atoms with Crippen molar-refractivity contribution in [1.29, 1.82) is 0 Å². The summed E-state index contributed by atoms with van der Waals surface area (Å²) in [6.07, 6.45) is 5.37. The molecule has 18 heavy (non-hydrogen) atoms. The topological polar surface area (TPSA) is 39.1 Å². The Kier molecular flexibility index (Phi) is 6.98. The van der Waals surface area contributed by atoms with E-state index in [1.165, 1.54) is 5.69 Å². The average Bonchev–Trinajstić information content (AvgIpc) is 2.82. The van der Waals surface area contributed by atoms with Crippen LogP contribution in [0.3, 0.4) is 0 Å². The SMILES string of the molecule is CCCNC(CC(C)OC)c1ccnn1CCC. The van der Waals surface area contributed by atoms with E-state index in [1.54, 1.807) is 7.11 Å². The van der Waals surface area contributed by atoms with Crippen LogP contribution in [0, 0.1) is 0 Å². The normalized spacial score (nSPS) is 14.7. The lowest BCUT2D eigenvalue weighted by Crippen LogP contribution is -2.28. The zero-order valence-electron chi connectivity index (χ0n) is 12.1. The Balaban J connectivity index is 2.76. The van der Waals surface area contributed by atoms with Gasteiger partial charge in [0.2, 0.25) is 0 Å². The fourth-order valence-electron chi connectivity index (χ4n) is 2.09. The molecule has 1 aromatic heterocycles. The number of hydrogen-bond acceptors (Lipinski definition) is 3. The molecular weight excluding hydrogens is 226 g/mol. The van der Waals surface area contributed by atoms with Crippen LogP contribution in [0.5, 0.6) is 0 Å². The summed E-state index contributed by atoms with van der Waals surface area (Å²) in [5, 5.41) is 8.00. The summed E-state index contributed by atoms with van der Waals surface area (Å²) in [5.74, 6) is 0. The minimum atomic E-state index is 0.254. The van der Waals surface area contributed by atoms with Gasteiger partial charge in [-0.3, -0.25) is 4.68 Å². The van der Waals surface area contributed by atoms with Crippen molar-refractivity contribution < 1.29 is 4.74 Å². The lowest BCUT2D eigenvalue weighted by molar-refractivity contribution is 0.0992. The van der Waals surface area contributed by atoms with Crippen molar-refractivity contribution >= 4 is 0 Å². The molecule has 0 aliphatic rings. The van der Waals surface area contributed by atoms with Gasteiger partial charge in [0.15, 0.2) is 0 Å². The van der Waals surface area contributed by atoms with E-state index < -0.39 is 0 Å². The van der Waals surface area contributed by atoms with Crippen LogP contribution in [-0.4, -0.2) is 29.5 Å². The Morgan fingerprint density at radius 2 is 2.17 bits per heavy atom. The van der Waals surface area contributed by atoms with Crippen LogP contribution in [0.1, 0.15) is 51.8 Å². The van der Waals surface area contributed by atoms with Crippen molar-refractivity contribution in [2.75, 3.05) is 13.7 Å². The second-order valence-electron chi connectivity index (χ2n) is 4.77. The summed E-state index contributed by atoms with van der Waals surface area (Å²) in [6, 6.07) is 2.44. The molecule has 0 fully saturated rings. The molecule has 1 aromatic rings. The monoisotopic (exact) mass is 253 g/mol. The van der Waals surface area contributed by atoms with E-state index in [0.717, 1.165) is 32.4 Å². The molecule has 0 bridgehead atoms. The third-order valence-electron chi connectivity index (χ3n) is 3.15. The van der Waals surface area contributed by atoms with Crippen LogP contribution in [-0.2, 0) is 11.3 Å². The summed E-state index contributed by atoms with van der Waals surface area (Å²) in [7, 11) is 1.77. The average molecular weight is 253 g/mol. The second-order valence-corrected chi connectivity index (χ2v) is 4.77. The fourth-order valence-corrected chi connectivity index (χ4v) is 2.09. The van der Waals surface area contributed by atoms with Gasteiger partial charge < -0.3 is 10.1 Å². The van der Waals surface area contributed by atoms with Gasteiger partial charge in [0.05, 0.1) is 17.8 Å². The molecule has 4 nitrogen and oxygen atoms in total. The van der Waals surface area contributed by atoms with E-state index >= 15 is 0 Å². The molecule has 0 saturated heterocycles. The van der Waals surface area contributed by atoms with Crippen molar-refractivity contribution in [1.82, 2.24) is 15.1 Å². The standard InChI is InChI=1S/C14H27N3O/c1-5-8-15-13(11-12(3)18-4)14-7-9-16-17(14)10-6-2/h7,9,12-13,15H,5-6,8,10-11H2,1-4H3. The summed E-state index contributed by atoms with van der Waals surface area (Å²) >= 11 is 0. The zero-order chi connectivity index (χ0) is 13.4. The van der Waals surface area contributed by atoms with Crippen molar-refractivity contribution in [3.8, 4) is 0 Å². The third kappa shape index (κ3) is 4.42. The lowest BCUT2D eigenvalue weighted by Gasteiger charge is -2.22. The molecule has 1 rings (SSSR count). The predicted octanol–water partition coefficient (Wildman–Crippen LogP) is 2.76. The maximum absolute atomic E-state index is 5.39. The van der Waals surface area contributed by atoms with Gasteiger partial charge in [-0.2, -0.15) is 5.10 Å². The third-order valence-corrected chi connectivity index (χ3v) is 3.15. The highest BCUT2D eigenvalue weighted by atomic mass is 16.5. The molecule has 0 aromatic carbocycles. The van der Waals surface area contributed by atoms with Crippen LogP contribution in [0.25, 0.3) is 0 Å². The quantitative estimate of drug-likeness (QED) is 0.735. The van der Waals surface area contributed by atoms with E-state index in [0.29, 0.717) is 6.04 Å². The highest BCUT2D eigenvalue weighted by Crippen LogP contribution is 2.19. The lowest BCUT2D eigenvalue weighted by atomic mass is 10.1. The summed E-state index contributed by atoms with van der Waals surface area (Å²) in [5.41, 5.74) is 1.27. The molecule has 0 aliphatic heterocycles. The minimum absolute atomic E-state index is 0.254. The Hall–Kier alpha value is -0.870. The highest BCUT2D eigenvalue weighted by molar-refractivity contribution is 5.07. The van der Waals surface area contributed by atoms with Gasteiger partial charge in [0.25, 0.3) is 0 Å². The smallest absolute Gasteiger partial charge is 0.0561 e. The van der Waals surface area contributed by atoms with E-state index in [9.17, 15) is 0 Å². The van der Waals surface area contributed by atoms with E-state index in [4.69, 9.17) is 4.74 Å². The largest absolute Gasteiger partial charge is 0.382 e. The van der Waals surface area contributed by atoms with Gasteiger partial charge in [0.1, 0.15) is 0 Å². The molecule has 0 saturated carbocycles. The molecule has 104 valence electrons. The first kappa shape index (κ1) is 15.2. The van der Waals surface area contributed by atoms with Gasteiger partial charge in [-0.05, 0) is 38.8 Å². The van der Waals surface area contributed by atoms with Crippen molar-refractivity contribution in [2.24, 2.45) is 0 Å². The first-order chi connectivity index (χ1) is 8.72. The molecule has 0 aliphatic carbocycles. The van der Waals surface area contributed by atoms with E-state index in [2.05, 4.69) is 41.9 Å². The number of rotatable bonds is 9. The van der Waals surface area contributed by atoms with Crippen LogP contribution < -0.4 is 5.32 Å². The summed E-state index contributed by atoms with van der Waals surface area (Å²) in [6.45, 7) is 8.48. The Morgan fingerprint density at radius 1 is 1.39 bits per heavy atom. The maximum atomic E-state index is 5.39. The summed E-state index contributed by atoms with van der Waals surface area (Å²) in [4.78, 5) is 0. The van der Waals surface area contributed by atoms with E-state index in [1.807, 2.05) is 6.20 Å². The van der Waals surface area contributed by atoms with Gasteiger partial charge in [0, 0.05) is 19.9 Å². The Bertz CT molecular complexity index is 325. The fraction of sp³-hybridized carbons (Fsp3) is 0.786. The van der Waals surface area contributed by atoms with Crippen molar-refractivity contribution in [2.45, 2.75) is 58.7 Å². The molecule has 0 spiro atoms.